The van der Waals surface area contributed by atoms with Crippen LogP contribution >= 0.6 is 23.4 Å². The Balaban J connectivity index is 1.49. The van der Waals surface area contributed by atoms with Gasteiger partial charge in [0.2, 0.25) is 5.91 Å². The number of rotatable bonds is 8. The van der Waals surface area contributed by atoms with E-state index in [1.165, 1.54) is 11.8 Å². The molecule has 0 bridgehead atoms. The molecule has 5 nitrogen and oxygen atoms in total. The lowest BCUT2D eigenvalue weighted by Gasteiger charge is -2.18. The van der Waals surface area contributed by atoms with Gasteiger partial charge in [-0.2, -0.15) is 0 Å². The van der Waals surface area contributed by atoms with Crippen molar-refractivity contribution in [1.82, 2.24) is 0 Å². The minimum atomic E-state index is -0.496. The summed E-state index contributed by atoms with van der Waals surface area (Å²) in [6, 6.07) is 31.1. The highest BCUT2D eigenvalue weighted by Gasteiger charge is 2.23. The lowest BCUT2D eigenvalue weighted by molar-refractivity contribution is -0.115. The third kappa shape index (κ3) is 6.44. The zero-order valence-electron chi connectivity index (χ0n) is 18.9. The van der Waals surface area contributed by atoms with Crippen molar-refractivity contribution in [3.8, 4) is 5.75 Å². The van der Waals surface area contributed by atoms with Crippen molar-refractivity contribution in [3.63, 3.8) is 0 Å². The summed E-state index contributed by atoms with van der Waals surface area (Å²) in [5.74, 6) is 0.210. The van der Waals surface area contributed by atoms with E-state index in [0.717, 1.165) is 10.5 Å². The first-order chi connectivity index (χ1) is 17.0. The maximum atomic E-state index is 13.2. The number of carbonyl (C=O) groups excluding carboxylic acids is 2. The molecule has 0 heterocycles. The van der Waals surface area contributed by atoms with Crippen LogP contribution in [0.25, 0.3) is 0 Å². The van der Waals surface area contributed by atoms with Crippen molar-refractivity contribution in [2.45, 2.75) is 10.1 Å². The number of para-hydroxylation sites is 1. The van der Waals surface area contributed by atoms with Gasteiger partial charge in [-0.3, -0.25) is 9.59 Å². The smallest absolute Gasteiger partial charge is 0.255 e. The van der Waals surface area contributed by atoms with E-state index in [4.69, 9.17) is 16.3 Å². The van der Waals surface area contributed by atoms with Crippen LogP contribution in [0.4, 0.5) is 11.4 Å². The molecule has 0 aliphatic heterocycles. The monoisotopic (exact) mass is 502 g/mol. The lowest BCUT2D eigenvalue weighted by Crippen LogP contribution is -2.19. The predicted octanol–water partition coefficient (Wildman–Crippen LogP) is 7.07. The van der Waals surface area contributed by atoms with Gasteiger partial charge < -0.3 is 15.4 Å². The van der Waals surface area contributed by atoms with Crippen molar-refractivity contribution in [2.24, 2.45) is 0 Å². The number of hydrogen-bond acceptors (Lipinski definition) is 4. The number of halogens is 1. The summed E-state index contributed by atoms with van der Waals surface area (Å²) in [5, 5.41) is 5.81. The number of amides is 2. The molecule has 0 fully saturated rings. The van der Waals surface area contributed by atoms with Gasteiger partial charge in [0.05, 0.1) is 17.8 Å². The Labute approximate surface area is 213 Å². The molecule has 2 N–H and O–H groups in total. The van der Waals surface area contributed by atoms with E-state index in [0.29, 0.717) is 27.7 Å². The van der Waals surface area contributed by atoms with Crippen LogP contribution in [0.3, 0.4) is 0 Å². The summed E-state index contributed by atoms with van der Waals surface area (Å²) < 4.78 is 5.18. The van der Waals surface area contributed by atoms with Gasteiger partial charge in [-0.1, -0.05) is 60.1 Å². The van der Waals surface area contributed by atoms with Crippen LogP contribution in [0.1, 0.15) is 21.2 Å². The van der Waals surface area contributed by atoms with Crippen LogP contribution in [0.2, 0.25) is 5.02 Å². The molecule has 176 valence electrons. The first-order valence-electron chi connectivity index (χ1n) is 10.9. The molecule has 35 heavy (non-hydrogen) atoms. The Morgan fingerprint density at radius 1 is 0.829 bits per heavy atom. The number of thioether (sulfide) groups is 1. The normalized spacial score (nSPS) is 11.4. The van der Waals surface area contributed by atoms with Crippen LogP contribution in [0.5, 0.6) is 5.75 Å². The van der Waals surface area contributed by atoms with Crippen LogP contribution in [-0.2, 0) is 4.79 Å². The summed E-state index contributed by atoms with van der Waals surface area (Å²) in [5.41, 5.74) is 2.59. The SMILES string of the molecule is COc1cccc(C(=O)Nc2ccc(SC(C(=O)Nc3ccccc3Cl)c3ccccc3)cc2)c1. The molecule has 2 amide bonds. The topological polar surface area (TPSA) is 67.4 Å². The third-order valence-electron chi connectivity index (χ3n) is 5.17. The number of methoxy groups -OCH3 is 1. The van der Waals surface area contributed by atoms with Crippen LogP contribution in [-0.4, -0.2) is 18.9 Å². The van der Waals surface area contributed by atoms with Crippen molar-refractivity contribution < 1.29 is 14.3 Å². The Morgan fingerprint density at radius 2 is 1.54 bits per heavy atom. The van der Waals surface area contributed by atoms with E-state index < -0.39 is 5.25 Å². The Kier molecular flexibility index (Phi) is 8.08. The first kappa shape index (κ1) is 24.4. The van der Waals surface area contributed by atoms with Crippen LogP contribution in [0, 0.1) is 0 Å². The van der Waals surface area contributed by atoms with Gasteiger partial charge in [-0.05, 0) is 60.2 Å². The number of anilines is 2. The fraction of sp³-hybridized carbons (Fsp3) is 0.0714. The van der Waals surface area contributed by atoms with Crippen LogP contribution in [0.15, 0.2) is 108 Å². The minimum absolute atomic E-state index is 0.176. The first-order valence-corrected chi connectivity index (χ1v) is 12.1. The fourth-order valence-electron chi connectivity index (χ4n) is 3.38. The average Bonchev–Trinajstić information content (AvgIpc) is 2.90. The predicted molar refractivity (Wildman–Crippen MR) is 143 cm³/mol. The van der Waals surface area contributed by atoms with E-state index in [-0.39, 0.29) is 11.8 Å². The van der Waals surface area contributed by atoms with Gasteiger partial charge in [0.25, 0.3) is 5.91 Å². The second-order valence-corrected chi connectivity index (χ2v) is 9.17. The summed E-state index contributed by atoms with van der Waals surface area (Å²) in [7, 11) is 1.56. The summed E-state index contributed by atoms with van der Waals surface area (Å²) >= 11 is 7.66. The van der Waals surface area contributed by atoms with Crippen molar-refractivity contribution >= 4 is 46.6 Å². The van der Waals surface area contributed by atoms with E-state index in [9.17, 15) is 9.59 Å². The molecule has 1 unspecified atom stereocenters. The molecule has 4 rings (SSSR count). The highest BCUT2D eigenvalue weighted by atomic mass is 35.5. The number of ether oxygens (including phenoxy) is 1. The number of carbonyl (C=O) groups is 2. The molecule has 0 aliphatic carbocycles. The van der Waals surface area contributed by atoms with Crippen molar-refractivity contribution in [2.75, 3.05) is 17.7 Å². The second-order valence-electron chi connectivity index (χ2n) is 7.59. The largest absolute Gasteiger partial charge is 0.497 e. The fourth-order valence-corrected chi connectivity index (χ4v) is 4.59. The summed E-state index contributed by atoms with van der Waals surface area (Å²) in [6.07, 6.45) is 0. The van der Waals surface area contributed by atoms with E-state index in [1.54, 1.807) is 43.5 Å². The quantitative estimate of drug-likeness (QED) is 0.253. The molecule has 0 aliphatic rings. The molecule has 4 aromatic rings. The van der Waals surface area contributed by atoms with Gasteiger partial charge >= 0.3 is 0 Å². The van der Waals surface area contributed by atoms with Crippen molar-refractivity contribution in [1.29, 1.82) is 0 Å². The Morgan fingerprint density at radius 3 is 2.26 bits per heavy atom. The van der Waals surface area contributed by atoms with E-state index in [2.05, 4.69) is 10.6 Å². The Bertz CT molecular complexity index is 1310. The number of hydrogen-bond donors (Lipinski definition) is 2. The lowest BCUT2D eigenvalue weighted by atomic mass is 10.1. The van der Waals surface area contributed by atoms with E-state index >= 15 is 0 Å². The maximum absolute atomic E-state index is 13.2. The van der Waals surface area contributed by atoms with Gasteiger partial charge in [-0.25, -0.2) is 0 Å². The summed E-state index contributed by atoms with van der Waals surface area (Å²) in [4.78, 5) is 26.7. The number of benzene rings is 4. The Hall–Kier alpha value is -3.74. The zero-order valence-corrected chi connectivity index (χ0v) is 20.5. The van der Waals surface area contributed by atoms with Gasteiger partial charge in [-0.15, -0.1) is 11.8 Å². The van der Waals surface area contributed by atoms with Gasteiger partial charge in [0.15, 0.2) is 0 Å². The van der Waals surface area contributed by atoms with Crippen molar-refractivity contribution in [3.05, 3.63) is 119 Å². The third-order valence-corrected chi connectivity index (χ3v) is 6.77. The molecule has 7 heteroatoms. The average molecular weight is 503 g/mol. The summed E-state index contributed by atoms with van der Waals surface area (Å²) in [6.45, 7) is 0. The highest BCUT2D eigenvalue weighted by Crippen LogP contribution is 2.37. The highest BCUT2D eigenvalue weighted by molar-refractivity contribution is 8.00. The molecule has 4 aromatic carbocycles. The molecule has 0 saturated heterocycles. The van der Waals surface area contributed by atoms with Gasteiger partial charge in [0.1, 0.15) is 11.0 Å². The maximum Gasteiger partial charge on any atom is 0.255 e. The molecule has 0 radical (unpaired) electrons. The molecular weight excluding hydrogens is 480 g/mol. The second kappa shape index (κ2) is 11.6. The molecule has 0 saturated carbocycles. The molecule has 1 atom stereocenters. The number of nitrogens with one attached hydrogen (secondary N) is 2. The van der Waals surface area contributed by atoms with Gasteiger partial charge in [0, 0.05) is 16.1 Å². The van der Waals surface area contributed by atoms with E-state index in [1.807, 2.05) is 66.7 Å². The molecule has 0 aromatic heterocycles. The molecular formula is C28H23ClN2O3S. The van der Waals surface area contributed by atoms with Crippen LogP contribution < -0.4 is 15.4 Å². The molecule has 0 spiro atoms. The minimum Gasteiger partial charge on any atom is -0.497 e. The zero-order chi connectivity index (χ0) is 24.6. The standard InChI is InChI=1S/C28H23ClN2O3S/c1-34-22-11-7-10-20(18-22)27(32)30-21-14-16-23(17-15-21)35-26(19-8-3-2-4-9-19)28(33)31-25-13-6-5-12-24(25)29/h2-18,26H,1H3,(H,30,32)(H,31,33).